The monoisotopic (exact) mass is 302 g/mol. The summed E-state index contributed by atoms with van der Waals surface area (Å²) >= 11 is 0. The van der Waals surface area contributed by atoms with Gasteiger partial charge in [0.2, 0.25) is 0 Å². The Bertz CT molecular complexity index is 432. The minimum atomic E-state index is -0.864. The van der Waals surface area contributed by atoms with Crippen LogP contribution in [-0.4, -0.2) is 51.5 Å². The third kappa shape index (κ3) is 5.00. The first-order chi connectivity index (χ1) is 10.0. The Balaban J connectivity index is 3.00. The van der Waals surface area contributed by atoms with E-state index in [9.17, 15) is 8.78 Å². The number of hydrogen-bond acceptors (Lipinski definition) is 4. The molecule has 2 N–H and O–H groups in total. The van der Waals surface area contributed by atoms with Gasteiger partial charge in [-0.2, -0.15) is 0 Å². The quantitative estimate of drug-likeness (QED) is 0.757. The van der Waals surface area contributed by atoms with Crippen LogP contribution in [0.25, 0.3) is 0 Å². The maximum Gasteiger partial charge on any atom is 0.159 e. The van der Waals surface area contributed by atoms with Crippen molar-refractivity contribution < 1.29 is 18.3 Å². The van der Waals surface area contributed by atoms with Gasteiger partial charge in [-0.05, 0) is 24.6 Å². The Morgan fingerprint density at radius 1 is 1.19 bits per heavy atom. The van der Waals surface area contributed by atoms with E-state index in [0.717, 1.165) is 6.07 Å². The van der Waals surface area contributed by atoms with Gasteiger partial charge in [-0.15, -0.1) is 0 Å². The molecule has 0 bridgehead atoms. The van der Waals surface area contributed by atoms with Crippen molar-refractivity contribution in [2.45, 2.75) is 19.0 Å². The fourth-order valence-corrected chi connectivity index (χ4v) is 2.40. The minimum absolute atomic E-state index is 0.0758. The first-order valence-corrected chi connectivity index (χ1v) is 6.93. The van der Waals surface area contributed by atoms with Gasteiger partial charge in [-0.1, -0.05) is 6.07 Å². The van der Waals surface area contributed by atoms with E-state index >= 15 is 0 Å². The molecular formula is C15H24F2N2O2. The smallest absolute Gasteiger partial charge is 0.159 e. The number of ether oxygens (including phenoxy) is 2. The first-order valence-electron chi connectivity index (χ1n) is 6.93. The van der Waals surface area contributed by atoms with Gasteiger partial charge in [0.25, 0.3) is 0 Å². The lowest BCUT2D eigenvalue weighted by molar-refractivity contribution is 0.0486. The number of benzene rings is 1. The van der Waals surface area contributed by atoms with E-state index in [0.29, 0.717) is 31.9 Å². The largest absolute Gasteiger partial charge is 0.383 e. The predicted octanol–water partition coefficient (Wildman–Crippen LogP) is 1.95. The molecule has 0 aliphatic heterocycles. The van der Waals surface area contributed by atoms with Gasteiger partial charge < -0.3 is 15.2 Å². The number of rotatable bonds is 9. The molecule has 2 unspecified atom stereocenters. The van der Waals surface area contributed by atoms with Crippen molar-refractivity contribution in [1.82, 2.24) is 4.90 Å². The van der Waals surface area contributed by atoms with Crippen LogP contribution in [0.15, 0.2) is 18.2 Å². The van der Waals surface area contributed by atoms with Gasteiger partial charge in [0.05, 0.1) is 13.2 Å². The Labute approximate surface area is 124 Å². The van der Waals surface area contributed by atoms with Crippen LogP contribution in [0, 0.1) is 11.6 Å². The SMILES string of the molecule is COCCN(C(C)COC)C(CN)c1ccc(F)c(F)c1. The molecule has 0 saturated carbocycles. The second-order valence-corrected chi connectivity index (χ2v) is 4.96. The fraction of sp³-hybridized carbons (Fsp3) is 0.600. The van der Waals surface area contributed by atoms with E-state index in [4.69, 9.17) is 15.2 Å². The summed E-state index contributed by atoms with van der Waals surface area (Å²) in [6, 6.07) is 3.75. The first kappa shape index (κ1) is 18.0. The summed E-state index contributed by atoms with van der Waals surface area (Å²) in [5, 5.41) is 0. The molecule has 120 valence electrons. The Hall–Kier alpha value is -1.08. The van der Waals surface area contributed by atoms with Crippen LogP contribution >= 0.6 is 0 Å². The molecule has 1 aromatic rings. The highest BCUT2D eigenvalue weighted by Gasteiger charge is 2.24. The summed E-state index contributed by atoms with van der Waals surface area (Å²) in [6.07, 6.45) is 0. The normalized spacial score (nSPS) is 14.4. The van der Waals surface area contributed by atoms with E-state index < -0.39 is 11.6 Å². The average molecular weight is 302 g/mol. The van der Waals surface area contributed by atoms with Crippen molar-refractivity contribution >= 4 is 0 Å². The minimum Gasteiger partial charge on any atom is -0.383 e. The summed E-state index contributed by atoms with van der Waals surface area (Å²) in [5.41, 5.74) is 6.51. The summed E-state index contributed by atoms with van der Waals surface area (Å²) in [4.78, 5) is 2.08. The van der Waals surface area contributed by atoms with Crippen LogP contribution in [0.4, 0.5) is 8.78 Å². The van der Waals surface area contributed by atoms with Crippen LogP contribution in [0.2, 0.25) is 0 Å². The molecule has 21 heavy (non-hydrogen) atoms. The zero-order chi connectivity index (χ0) is 15.8. The fourth-order valence-electron chi connectivity index (χ4n) is 2.40. The molecule has 4 nitrogen and oxygen atoms in total. The summed E-state index contributed by atoms with van der Waals surface area (Å²) in [7, 11) is 3.24. The third-order valence-electron chi connectivity index (χ3n) is 3.48. The van der Waals surface area contributed by atoms with E-state index in [1.54, 1.807) is 20.3 Å². The number of hydrogen-bond donors (Lipinski definition) is 1. The van der Waals surface area contributed by atoms with Gasteiger partial charge in [0.15, 0.2) is 11.6 Å². The van der Waals surface area contributed by atoms with Gasteiger partial charge in [0, 0.05) is 39.4 Å². The third-order valence-corrected chi connectivity index (χ3v) is 3.48. The molecular weight excluding hydrogens is 278 g/mol. The van der Waals surface area contributed by atoms with Gasteiger partial charge in [-0.25, -0.2) is 8.78 Å². The molecule has 0 aliphatic rings. The van der Waals surface area contributed by atoms with Crippen molar-refractivity contribution in [1.29, 1.82) is 0 Å². The van der Waals surface area contributed by atoms with Crippen molar-refractivity contribution in [3.8, 4) is 0 Å². The maximum absolute atomic E-state index is 13.5. The van der Waals surface area contributed by atoms with Crippen LogP contribution in [0.3, 0.4) is 0 Å². The Morgan fingerprint density at radius 2 is 1.90 bits per heavy atom. The molecule has 0 saturated heterocycles. The maximum atomic E-state index is 13.5. The van der Waals surface area contributed by atoms with Gasteiger partial charge in [-0.3, -0.25) is 4.90 Å². The summed E-state index contributed by atoms with van der Waals surface area (Å²) in [6.45, 7) is 3.96. The van der Waals surface area contributed by atoms with E-state index in [1.807, 2.05) is 6.92 Å². The number of halogens is 2. The zero-order valence-corrected chi connectivity index (χ0v) is 12.8. The van der Waals surface area contributed by atoms with Crippen molar-refractivity contribution in [2.24, 2.45) is 5.73 Å². The van der Waals surface area contributed by atoms with E-state index in [1.165, 1.54) is 6.07 Å². The number of nitrogens with zero attached hydrogens (tertiary/aromatic N) is 1. The summed E-state index contributed by atoms with van der Waals surface area (Å²) < 4.78 is 36.8. The van der Waals surface area contributed by atoms with Gasteiger partial charge >= 0.3 is 0 Å². The molecule has 0 aromatic heterocycles. The molecule has 0 amide bonds. The van der Waals surface area contributed by atoms with Crippen LogP contribution < -0.4 is 5.73 Å². The molecule has 0 fully saturated rings. The van der Waals surface area contributed by atoms with Crippen molar-refractivity contribution in [3.63, 3.8) is 0 Å². The highest BCUT2D eigenvalue weighted by Crippen LogP contribution is 2.23. The topological polar surface area (TPSA) is 47.7 Å². The van der Waals surface area contributed by atoms with Crippen LogP contribution in [-0.2, 0) is 9.47 Å². The molecule has 1 rings (SSSR count). The molecule has 0 heterocycles. The lowest BCUT2D eigenvalue weighted by atomic mass is 10.0. The Kier molecular flexibility index (Phi) is 7.74. The zero-order valence-electron chi connectivity index (χ0n) is 12.8. The lowest BCUT2D eigenvalue weighted by Crippen LogP contribution is -2.44. The molecule has 0 aliphatic carbocycles. The van der Waals surface area contributed by atoms with E-state index in [-0.39, 0.29) is 12.1 Å². The van der Waals surface area contributed by atoms with Gasteiger partial charge in [0.1, 0.15) is 0 Å². The van der Waals surface area contributed by atoms with E-state index in [2.05, 4.69) is 4.90 Å². The highest BCUT2D eigenvalue weighted by atomic mass is 19.2. The summed E-state index contributed by atoms with van der Waals surface area (Å²) in [5.74, 6) is -1.72. The number of nitrogens with two attached hydrogens (primary N) is 1. The predicted molar refractivity (Wildman–Crippen MR) is 78.1 cm³/mol. The average Bonchev–Trinajstić information content (AvgIpc) is 2.47. The molecule has 0 radical (unpaired) electrons. The molecule has 0 spiro atoms. The molecule has 2 atom stereocenters. The van der Waals surface area contributed by atoms with Crippen LogP contribution in [0.5, 0.6) is 0 Å². The lowest BCUT2D eigenvalue weighted by Gasteiger charge is -2.35. The number of methoxy groups -OCH3 is 2. The highest BCUT2D eigenvalue weighted by molar-refractivity contribution is 5.22. The Morgan fingerprint density at radius 3 is 2.43 bits per heavy atom. The van der Waals surface area contributed by atoms with Crippen LogP contribution in [0.1, 0.15) is 18.5 Å². The molecule has 6 heteroatoms. The molecule has 1 aromatic carbocycles. The standard InChI is InChI=1S/C15H24F2N2O2/c1-11(10-21-3)19(6-7-20-2)15(9-18)12-4-5-13(16)14(17)8-12/h4-5,8,11,15H,6-7,9-10,18H2,1-3H3. The van der Waals surface area contributed by atoms with Crippen molar-refractivity contribution in [3.05, 3.63) is 35.4 Å². The van der Waals surface area contributed by atoms with Crippen molar-refractivity contribution in [2.75, 3.05) is 40.5 Å². The second kappa shape index (κ2) is 9.04. The second-order valence-electron chi connectivity index (χ2n) is 4.96.